The highest BCUT2D eigenvalue weighted by Crippen LogP contribution is 2.19. The number of benzene rings is 2. The first-order valence-electron chi connectivity index (χ1n) is 20.5. The Balaban J connectivity index is 1.06. The van der Waals surface area contributed by atoms with Gasteiger partial charge < -0.3 is 30.4 Å². The largest absolute Gasteiger partial charge is 0.569 e. The Hall–Kier alpha value is -6.73. The number of aromatic nitrogens is 4. The van der Waals surface area contributed by atoms with Crippen molar-refractivity contribution in [3.05, 3.63) is 192 Å². The average Bonchev–Trinajstić information content (AvgIpc) is 3.25. The molecule has 4 heterocycles. The number of amides is 2. The van der Waals surface area contributed by atoms with Gasteiger partial charge in [-0.05, 0) is 78.7 Å². The van der Waals surface area contributed by atoms with Crippen LogP contribution in [0.3, 0.4) is 0 Å². The molecule has 0 saturated carbocycles. The van der Waals surface area contributed by atoms with Crippen LogP contribution in [0.4, 0.5) is 0 Å². The predicted molar refractivity (Wildman–Crippen MR) is 236 cm³/mol. The molecular weight excluding hydrogens is 778 g/mol. The quantitative estimate of drug-likeness (QED) is 0.0451. The number of nitrogens with zero attached hydrogens (tertiary/aromatic N) is 4. The molecule has 0 bridgehead atoms. The maximum atomic E-state index is 11.8. The summed E-state index contributed by atoms with van der Waals surface area (Å²) < 4.78 is 13.6. The highest BCUT2D eigenvalue weighted by molar-refractivity contribution is 6.58. The molecule has 0 aliphatic rings. The maximum absolute atomic E-state index is 11.8. The molecule has 4 aromatic heterocycles. The van der Waals surface area contributed by atoms with E-state index in [-0.39, 0.29) is 11.8 Å². The minimum atomic E-state index is -1.59. The molecule has 0 spiro atoms. The zero-order chi connectivity index (χ0) is 44.0. The van der Waals surface area contributed by atoms with E-state index in [2.05, 4.69) is 73.9 Å². The van der Waals surface area contributed by atoms with Gasteiger partial charge in [-0.3, -0.25) is 9.59 Å². The van der Waals surface area contributed by atoms with Crippen molar-refractivity contribution in [2.75, 3.05) is 13.1 Å². The number of carbonyl (C=O) groups excluding carboxylic acids is 2. The van der Waals surface area contributed by atoms with Gasteiger partial charge in [-0.1, -0.05) is 25.3 Å². The monoisotopic (exact) mass is 831 g/mol. The summed E-state index contributed by atoms with van der Waals surface area (Å²) in [6, 6.07) is 28.1. The van der Waals surface area contributed by atoms with Gasteiger partial charge in [-0.15, -0.1) is 0 Å². The molecule has 313 valence electrons. The van der Waals surface area contributed by atoms with Crippen LogP contribution in [0.5, 0.6) is 5.75 Å². The standard InChI is InChI=1S/C48H51B2N6O6/c1-35(2)47(57)51-15-5-37-7-17-53(18-8-37)31-39-25-40(28-45(27-39)50(60)61)32-55-21-11-43(12-22-55)44-13-23-56(24-14-44)34-42-26-41(29-46(30-42)62-49-59)33-54-19-9-38(10-20-54)6-16-52-48(58)36(3)4/h7-14,17-30,59-61H,1,3,5-6,15-16,31-34H2,2,4H3/q+2/p+2. The Morgan fingerprint density at radius 2 is 0.903 bits per heavy atom. The Morgan fingerprint density at radius 3 is 1.23 bits per heavy atom. The lowest BCUT2D eigenvalue weighted by Gasteiger charge is -2.08. The van der Waals surface area contributed by atoms with E-state index < -0.39 is 7.12 Å². The summed E-state index contributed by atoms with van der Waals surface area (Å²) in [6.07, 6.45) is 17.5. The van der Waals surface area contributed by atoms with E-state index in [9.17, 15) is 24.7 Å². The SMILES string of the molecule is C=C(C)C(=O)NCCc1cc[n+](Cc2cc(C[n+]3ccc(-c4cc[n+](Cc5cc(C[n+]6ccc(CCNC(=O)C(=C)C)cc6)cc(B(O)O)c5)cc4)cc3)cc(O[B]O)c2)cc1. The summed E-state index contributed by atoms with van der Waals surface area (Å²) >= 11 is 0. The summed E-state index contributed by atoms with van der Waals surface area (Å²) in [7, 11) is -0.901. The summed E-state index contributed by atoms with van der Waals surface area (Å²) in [4.78, 5) is 23.6. The van der Waals surface area contributed by atoms with Gasteiger partial charge in [0.15, 0.2) is 75.8 Å². The van der Waals surface area contributed by atoms with E-state index in [1.807, 2.05) is 103 Å². The molecule has 0 atom stereocenters. The van der Waals surface area contributed by atoms with Gasteiger partial charge in [0.25, 0.3) is 0 Å². The molecule has 5 N–H and O–H groups in total. The van der Waals surface area contributed by atoms with E-state index in [1.54, 1.807) is 13.8 Å². The second kappa shape index (κ2) is 21.7. The van der Waals surface area contributed by atoms with Crippen molar-refractivity contribution in [2.45, 2.75) is 52.9 Å². The third-order valence-corrected chi connectivity index (χ3v) is 10.3. The fourth-order valence-corrected chi connectivity index (χ4v) is 6.98. The molecule has 6 aromatic rings. The van der Waals surface area contributed by atoms with Gasteiger partial charge in [-0.25, -0.2) is 18.3 Å². The number of hydrogen-bond acceptors (Lipinski definition) is 6. The minimum absolute atomic E-state index is 0.137. The number of nitrogens with one attached hydrogen (secondary N) is 2. The van der Waals surface area contributed by atoms with Crippen molar-refractivity contribution < 1.29 is 47.6 Å². The van der Waals surface area contributed by atoms with Crippen molar-refractivity contribution in [2.24, 2.45) is 0 Å². The van der Waals surface area contributed by atoms with Crippen molar-refractivity contribution in [1.82, 2.24) is 10.6 Å². The van der Waals surface area contributed by atoms with E-state index in [1.165, 1.54) is 0 Å². The molecule has 2 amide bonds. The number of carbonyl (C=O) groups is 2. The first-order valence-corrected chi connectivity index (χ1v) is 20.5. The van der Waals surface area contributed by atoms with Crippen molar-refractivity contribution >= 4 is 32.1 Å². The van der Waals surface area contributed by atoms with Crippen LogP contribution in [0.15, 0.2) is 159 Å². The molecule has 0 aliphatic heterocycles. The lowest BCUT2D eigenvalue weighted by Crippen LogP contribution is -2.37. The molecular formula is C48H53B2N6O6+4. The van der Waals surface area contributed by atoms with Gasteiger partial charge in [0, 0.05) is 95.0 Å². The van der Waals surface area contributed by atoms with E-state index in [4.69, 9.17) is 4.65 Å². The minimum Gasteiger partial charge on any atom is -0.537 e. The normalized spacial score (nSPS) is 10.8. The van der Waals surface area contributed by atoms with Crippen LogP contribution in [0.2, 0.25) is 0 Å². The molecule has 2 aromatic carbocycles. The second-order valence-corrected chi connectivity index (χ2v) is 15.5. The molecule has 6 rings (SSSR count). The van der Waals surface area contributed by atoms with Crippen LogP contribution < -0.4 is 39.0 Å². The molecule has 0 aliphatic carbocycles. The average molecular weight is 832 g/mol. The third kappa shape index (κ3) is 13.4. The zero-order valence-electron chi connectivity index (χ0n) is 35.3. The van der Waals surface area contributed by atoms with Gasteiger partial charge in [0.05, 0.1) is 0 Å². The molecule has 0 saturated heterocycles. The van der Waals surface area contributed by atoms with Crippen molar-refractivity contribution in [3.63, 3.8) is 0 Å². The molecule has 12 nitrogen and oxygen atoms in total. The topological polar surface area (TPSA) is 144 Å². The molecule has 0 fully saturated rings. The van der Waals surface area contributed by atoms with Gasteiger partial charge in [0.1, 0.15) is 5.75 Å². The maximum Gasteiger partial charge on any atom is 0.569 e. The van der Waals surface area contributed by atoms with Gasteiger partial charge >= 0.3 is 14.8 Å². The van der Waals surface area contributed by atoms with E-state index >= 15 is 0 Å². The van der Waals surface area contributed by atoms with Gasteiger partial charge in [0.2, 0.25) is 11.8 Å². The smallest absolute Gasteiger partial charge is 0.537 e. The lowest BCUT2D eigenvalue weighted by atomic mass is 9.78. The van der Waals surface area contributed by atoms with Crippen LogP contribution >= 0.6 is 0 Å². The third-order valence-electron chi connectivity index (χ3n) is 10.3. The predicted octanol–water partition coefficient (Wildman–Crippen LogP) is 1.75. The van der Waals surface area contributed by atoms with Crippen molar-refractivity contribution in [1.29, 1.82) is 0 Å². The van der Waals surface area contributed by atoms with Gasteiger partial charge in [-0.2, -0.15) is 0 Å². The number of hydrogen-bond donors (Lipinski definition) is 5. The molecule has 14 heteroatoms. The number of rotatable bonds is 20. The number of pyridine rings is 4. The summed E-state index contributed by atoms with van der Waals surface area (Å²) in [5, 5.41) is 35.3. The van der Waals surface area contributed by atoms with Crippen LogP contribution in [0, 0.1) is 0 Å². The first-order chi connectivity index (χ1) is 29.9. The lowest BCUT2D eigenvalue weighted by molar-refractivity contribution is -0.689. The van der Waals surface area contributed by atoms with Crippen LogP contribution in [0.25, 0.3) is 11.1 Å². The van der Waals surface area contributed by atoms with Crippen LogP contribution in [0.1, 0.15) is 47.2 Å². The Morgan fingerprint density at radius 1 is 0.565 bits per heavy atom. The Bertz CT molecular complexity index is 2500. The Labute approximate surface area is 364 Å². The van der Waals surface area contributed by atoms with E-state index in [0.717, 1.165) is 50.9 Å². The van der Waals surface area contributed by atoms with E-state index in [0.29, 0.717) is 75.7 Å². The van der Waals surface area contributed by atoms with Crippen LogP contribution in [-0.2, 0) is 48.6 Å². The first kappa shape index (κ1) is 44.8. The van der Waals surface area contributed by atoms with Crippen molar-refractivity contribution in [3.8, 4) is 16.9 Å². The molecule has 1 radical (unpaired) electrons. The van der Waals surface area contributed by atoms with Crippen LogP contribution in [-0.4, -0.2) is 54.8 Å². The fraction of sp³-hybridized carbons (Fsp3) is 0.208. The summed E-state index contributed by atoms with van der Waals surface area (Å²) in [5.74, 6) is 0.260. The summed E-state index contributed by atoms with van der Waals surface area (Å²) in [5.41, 5.74) is 9.65. The molecule has 62 heavy (non-hydrogen) atoms. The highest BCUT2D eigenvalue weighted by atomic mass is 16.5. The molecule has 0 unspecified atom stereocenters. The second-order valence-electron chi connectivity index (χ2n) is 15.5. The highest BCUT2D eigenvalue weighted by Gasteiger charge is 2.18. The Kier molecular flexibility index (Phi) is 15.7. The fourth-order valence-electron chi connectivity index (χ4n) is 6.98. The zero-order valence-corrected chi connectivity index (χ0v) is 35.3. The summed E-state index contributed by atoms with van der Waals surface area (Å²) in [6.45, 7) is 14.1.